The van der Waals surface area contributed by atoms with Crippen LogP contribution < -0.4 is 5.32 Å². The maximum Gasteiger partial charge on any atom is 0.249 e. The number of nitrogens with one attached hydrogen (secondary N) is 1. The molecule has 1 saturated heterocycles. The van der Waals surface area contributed by atoms with Crippen molar-refractivity contribution in [3.8, 4) is 0 Å². The zero-order valence-electron chi connectivity index (χ0n) is 37.8. The average molecular weight is 838 g/mol. The summed E-state index contributed by atoms with van der Waals surface area (Å²) in [5, 5.41) is 64.8. The van der Waals surface area contributed by atoms with Crippen LogP contribution in [0.3, 0.4) is 0 Å². The van der Waals surface area contributed by atoms with Crippen molar-refractivity contribution in [1.82, 2.24) is 5.32 Å². The van der Waals surface area contributed by atoms with Gasteiger partial charge in [-0.3, -0.25) is 4.79 Å². The van der Waals surface area contributed by atoms with Crippen LogP contribution in [-0.2, 0) is 14.3 Å². The van der Waals surface area contributed by atoms with Gasteiger partial charge in [0.05, 0.1) is 25.4 Å². The number of allylic oxidation sites excluding steroid dienone is 5. The lowest BCUT2D eigenvalue weighted by Crippen LogP contribution is -2.60. The summed E-state index contributed by atoms with van der Waals surface area (Å²) in [5.74, 6) is -0.631. The molecule has 1 aliphatic rings. The van der Waals surface area contributed by atoms with Crippen LogP contribution >= 0.6 is 0 Å². The third-order valence-electron chi connectivity index (χ3n) is 11.7. The molecular formula is C49H91NO9. The third kappa shape index (κ3) is 28.6. The van der Waals surface area contributed by atoms with Gasteiger partial charge >= 0.3 is 0 Å². The smallest absolute Gasteiger partial charge is 0.249 e. The molecule has 59 heavy (non-hydrogen) atoms. The first-order valence-electron chi connectivity index (χ1n) is 24.2. The normalized spacial score (nSPS) is 21.7. The van der Waals surface area contributed by atoms with Crippen LogP contribution in [0.2, 0.25) is 0 Å². The summed E-state index contributed by atoms with van der Waals surface area (Å²) in [5.41, 5.74) is 1.18. The van der Waals surface area contributed by atoms with E-state index in [1.54, 1.807) is 6.08 Å². The van der Waals surface area contributed by atoms with Crippen molar-refractivity contribution >= 4 is 5.91 Å². The van der Waals surface area contributed by atoms with Crippen LogP contribution in [0.4, 0.5) is 0 Å². The molecule has 0 aliphatic carbocycles. The molecule has 0 saturated carbocycles. The van der Waals surface area contributed by atoms with Crippen molar-refractivity contribution in [3.05, 3.63) is 36.0 Å². The number of carbonyl (C=O) groups excluding carboxylic acids is 1. The van der Waals surface area contributed by atoms with Crippen molar-refractivity contribution in [2.24, 2.45) is 0 Å². The van der Waals surface area contributed by atoms with E-state index in [-0.39, 0.29) is 6.61 Å². The summed E-state index contributed by atoms with van der Waals surface area (Å²) in [7, 11) is 0. The lowest BCUT2D eigenvalue weighted by molar-refractivity contribution is -0.302. The molecule has 1 aliphatic heterocycles. The van der Waals surface area contributed by atoms with Gasteiger partial charge in [0.1, 0.15) is 30.5 Å². The molecule has 1 fully saturated rings. The zero-order chi connectivity index (χ0) is 43.4. The second-order valence-corrected chi connectivity index (χ2v) is 17.2. The maximum absolute atomic E-state index is 13.1. The second kappa shape index (κ2) is 38.1. The largest absolute Gasteiger partial charge is 0.394 e. The van der Waals surface area contributed by atoms with E-state index in [9.17, 15) is 35.4 Å². The molecule has 346 valence electrons. The number of aliphatic hydroxyl groups is 6. The van der Waals surface area contributed by atoms with Gasteiger partial charge in [0.2, 0.25) is 5.91 Å². The first kappa shape index (κ1) is 55.4. The molecule has 0 aromatic rings. The lowest BCUT2D eigenvalue weighted by atomic mass is 9.99. The minimum Gasteiger partial charge on any atom is -0.394 e. The van der Waals surface area contributed by atoms with E-state index in [2.05, 4.69) is 44.3 Å². The summed E-state index contributed by atoms with van der Waals surface area (Å²) in [6.45, 7) is 5.63. The van der Waals surface area contributed by atoms with Crippen molar-refractivity contribution in [2.75, 3.05) is 13.2 Å². The fraction of sp³-hybridized carbons (Fsp3) is 0.857. The molecule has 1 rings (SSSR count). The molecule has 10 nitrogen and oxygen atoms in total. The van der Waals surface area contributed by atoms with Crippen LogP contribution in [0, 0.1) is 0 Å². The van der Waals surface area contributed by atoms with Crippen LogP contribution in [-0.4, -0.2) is 98.7 Å². The van der Waals surface area contributed by atoms with Gasteiger partial charge in [0.15, 0.2) is 6.29 Å². The summed E-state index contributed by atoms with van der Waals surface area (Å²) in [6, 6.07) is -1.01. The predicted octanol–water partition coefficient (Wildman–Crippen LogP) is 9.42. The van der Waals surface area contributed by atoms with E-state index in [1.165, 1.54) is 140 Å². The van der Waals surface area contributed by atoms with Gasteiger partial charge < -0.3 is 45.4 Å². The molecule has 10 heteroatoms. The summed E-state index contributed by atoms with van der Waals surface area (Å²) >= 11 is 0. The number of unbranched alkanes of at least 4 members (excludes halogenated alkanes) is 25. The number of rotatable bonds is 39. The Labute approximate surface area is 360 Å². The summed E-state index contributed by atoms with van der Waals surface area (Å²) < 4.78 is 11.1. The van der Waals surface area contributed by atoms with Gasteiger partial charge in [-0.2, -0.15) is 0 Å². The highest BCUT2D eigenvalue weighted by Gasteiger charge is 2.44. The number of hydrogen-bond acceptors (Lipinski definition) is 9. The second-order valence-electron chi connectivity index (χ2n) is 17.2. The van der Waals surface area contributed by atoms with Crippen molar-refractivity contribution in [2.45, 2.75) is 256 Å². The number of aliphatic hydroxyl groups excluding tert-OH is 6. The Morgan fingerprint density at radius 3 is 1.64 bits per heavy atom. The Bertz CT molecular complexity index is 1070. The van der Waals surface area contributed by atoms with E-state index in [0.29, 0.717) is 19.3 Å². The first-order chi connectivity index (χ1) is 28.7. The molecule has 8 unspecified atom stereocenters. The standard InChI is InChI=1S/C49H91NO9/c1-4-6-8-10-12-13-14-15-16-17-18-19-20-21-22-23-24-26-28-32-37-43(53)48(57)50-41(39-58-49-47(56)46(55)45(54)44(38-51)59-49)42(52)36-33-29-31-35-40(3)34-30-27-25-11-9-7-5-2/h30,33-36,41-47,49,51-56H,4-29,31-32,37-39H2,1-3H3,(H,50,57)/b34-30+,36-33+,40-35+. The van der Waals surface area contributed by atoms with E-state index in [1.807, 2.05) is 6.08 Å². The monoisotopic (exact) mass is 838 g/mol. The van der Waals surface area contributed by atoms with Crippen molar-refractivity contribution in [1.29, 1.82) is 0 Å². The molecule has 0 aromatic carbocycles. The van der Waals surface area contributed by atoms with Crippen LogP contribution in [0.15, 0.2) is 36.0 Å². The highest BCUT2D eigenvalue weighted by molar-refractivity contribution is 5.80. The van der Waals surface area contributed by atoms with Crippen molar-refractivity contribution in [3.63, 3.8) is 0 Å². The van der Waals surface area contributed by atoms with E-state index in [0.717, 1.165) is 32.1 Å². The minimum absolute atomic E-state index is 0.302. The van der Waals surface area contributed by atoms with Gasteiger partial charge in [0.25, 0.3) is 0 Å². The maximum atomic E-state index is 13.1. The average Bonchev–Trinajstić information content (AvgIpc) is 3.23. The Morgan fingerprint density at radius 2 is 1.14 bits per heavy atom. The van der Waals surface area contributed by atoms with Gasteiger partial charge in [-0.15, -0.1) is 0 Å². The van der Waals surface area contributed by atoms with E-state index in [4.69, 9.17) is 9.47 Å². The van der Waals surface area contributed by atoms with E-state index >= 15 is 0 Å². The van der Waals surface area contributed by atoms with Gasteiger partial charge in [0, 0.05) is 0 Å². The van der Waals surface area contributed by atoms with Gasteiger partial charge in [-0.25, -0.2) is 0 Å². The minimum atomic E-state index is -1.62. The molecule has 0 radical (unpaired) electrons. The van der Waals surface area contributed by atoms with Crippen molar-refractivity contribution < 1.29 is 44.9 Å². The molecule has 7 N–H and O–H groups in total. The molecule has 1 amide bonds. The Balaban J connectivity index is 2.42. The first-order valence-corrected chi connectivity index (χ1v) is 24.2. The lowest BCUT2D eigenvalue weighted by Gasteiger charge is -2.40. The quantitative estimate of drug-likeness (QED) is 0.0181. The molecular weight excluding hydrogens is 747 g/mol. The van der Waals surface area contributed by atoms with Crippen LogP contribution in [0.5, 0.6) is 0 Å². The highest BCUT2D eigenvalue weighted by Crippen LogP contribution is 2.23. The van der Waals surface area contributed by atoms with Crippen LogP contribution in [0.25, 0.3) is 0 Å². The molecule has 0 spiro atoms. The van der Waals surface area contributed by atoms with Gasteiger partial charge in [-0.1, -0.05) is 204 Å². The summed E-state index contributed by atoms with van der Waals surface area (Å²) in [4.78, 5) is 13.1. The van der Waals surface area contributed by atoms with Gasteiger partial charge in [-0.05, 0) is 39.0 Å². The SMILES string of the molecule is CCCCCCC/C=C/C(C)=C/CC/C=C/C(O)C(COC1OC(CO)C(O)C(O)C1O)NC(=O)C(O)CCCCCCCCCCCCCCCCCCCCCC. The fourth-order valence-corrected chi connectivity index (χ4v) is 7.61. The molecule has 0 aromatic heterocycles. The number of hydrogen-bond donors (Lipinski definition) is 7. The number of carbonyl (C=O) groups is 1. The fourth-order valence-electron chi connectivity index (χ4n) is 7.61. The van der Waals surface area contributed by atoms with Crippen LogP contribution in [0.1, 0.15) is 207 Å². The topological polar surface area (TPSA) is 169 Å². The zero-order valence-corrected chi connectivity index (χ0v) is 37.8. The molecule has 0 bridgehead atoms. The molecule has 1 heterocycles. The predicted molar refractivity (Wildman–Crippen MR) is 241 cm³/mol. The Morgan fingerprint density at radius 1 is 0.644 bits per heavy atom. The van der Waals surface area contributed by atoms with E-state index < -0.39 is 61.5 Å². The third-order valence-corrected chi connectivity index (χ3v) is 11.7. The number of amides is 1. The summed E-state index contributed by atoms with van der Waals surface area (Å²) in [6.07, 6.45) is 34.9. The highest BCUT2D eigenvalue weighted by atomic mass is 16.7. The Hall–Kier alpha value is -1.63. The Kier molecular flexibility index (Phi) is 35.7. The number of ether oxygens (including phenoxy) is 2. The molecule has 8 atom stereocenters.